The Morgan fingerprint density at radius 1 is 1.39 bits per heavy atom. The van der Waals surface area contributed by atoms with Gasteiger partial charge in [0.1, 0.15) is 6.07 Å². The Morgan fingerprint density at radius 3 is 2.78 bits per heavy atom. The normalized spacial score (nSPS) is 9.83. The average molecular weight is 371 g/mol. The largest absolute Gasteiger partial charge is 0.396 e. The second-order valence-corrected chi connectivity index (χ2v) is 5.12. The fourth-order valence-corrected chi connectivity index (χ4v) is 2.37. The van der Waals surface area contributed by atoms with Crippen molar-refractivity contribution in [1.29, 1.82) is 5.26 Å². The molecular weight excluding hydrogens is 363 g/mol. The first kappa shape index (κ1) is 12.9. The van der Waals surface area contributed by atoms with Gasteiger partial charge in [-0.15, -0.1) is 0 Å². The molecule has 2 rings (SSSR count). The van der Waals surface area contributed by atoms with E-state index in [0.29, 0.717) is 22.1 Å². The van der Waals surface area contributed by atoms with E-state index in [-0.39, 0.29) is 0 Å². The van der Waals surface area contributed by atoms with Crippen molar-refractivity contribution in [2.75, 3.05) is 11.1 Å². The van der Waals surface area contributed by atoms with E-state index >= 15 is 0 Å². The highest BCUT2D eigenvalue weighted by Gasteiger charge is 2.06. The number of halogens is 2. The van der Waals surface area contributed by atoms with Crippen molar-refractivity contribution in [2.24, 2.45) is 0 Å². The number of nitriles is 1. The van der Waals surface area contributed by atoms with Crippen LogP contribution in [0.3, 0.4) is 0 Å². The highest BCUT2D eigenvalue weighted by atomic mass is 127. The maximum atomic E-state index is 8.74. The molecule has 0 aliphatic carbocycles. The molecule has 0 unspecified atom stereocenters. The number of hydrogen-bond acceptors (Lipinski definition) is 4. The first-order valence-electron chi connectivity index (χ1n) is 4.98. The van der Waals surface area contributed by atoms with Gasteiger partial charge in [-0.25, -0.2) is 4.98 Å². The maximum absolute atomic E-state index is 8.74. The molecule has 0 spiro atoms. The van der Waals surface area contributed by atoms with Crippen LogP contribution in [-0.4, -0.2) is 4.98 Å². The van der Waals surface area contributed by atoms with Gasteiger partial charge in [-0.3, -0.25) is 0 Å². The SMILES string of the molecule is N#Cc1cnc(Nc2ccc(Cl)cc2I)c(N)c1. The lowest BCUT2D eigenvalue weighted by atomic mass is 10.2. The molecule has 0 saturated carbocycles. The van der Waals surface area contributed by atoms with E-state index in [1.54, 1.807) is 12.1 Å². The van der Waals surface area contributed by atoms with Gasteiger partial charge in [0.2, 0.25) is 0 Å². The summed E-state index contributed by atoms with van der Waals surface area (Å²) in [7, 11) is 0. The van der Waals surface area contributed by atoms with Crippen molar-refractivity contribution in [2.45, 2.75) is 0 Å². The highest BCUT2D eigenvalue weighted by molar-refractivity contribution is 14.1. The van der Waals surface area contributed by atoms with Crippen molar-refractivity contribution in [3.05, 3.63) is 44.6 Å². The summed E-state index contributed by atoms with van der Waals surface area (Å²) >= 11 is 8.05. The van der Waals surface area contributed by atoms with Gasteiger partial charge in [-0.2, -0.15) is 5.26 Å². The van der Waals surface area contributed by atoms with Crippen LogP contribution in [0.4, 0.5) is 17.2 Å². The summed E-state index contributed by atoms with van der Waals surface area (Å²) in [5.74, 6) is 0.522. The number of hydrogen-bond donors (Lipinski definition) is 2. The number of nitrogen functional groups attached to an aromatic ring is 1. The van der Waals surface area contributed by atoms with Crippen LogP contribution >= 0.6 is 34.2 Å². The molecule has 18 heavy (non-hydrogen) atoms. The summed E-state index contributed by atoms with van der Waals surface area (Å²) in [5.41, 5.74) is 7.55. The first-order valence-corrected chi connectivity index (χ1v) is 6.43. The van der Waals surface area contributed by atoms with Crippen LogP contribution < -0.4 is 11.1 Å². The zero-order valence-corrected chi connectivity index (χ0v) is 12.0. The Balaban J connectivity index is 2.32. The molecule has 1 aromatic carbocycles. The summed E-state index contributed by atoms with van der Waals surface area (Å²) in [4.78, 5) is 4.11. The van der Waals surface area contributed by atoms with Crippen LogP contribution in [0.5, 0.6) is 0 Å². The van der Waals surface area contributed by atoms with Gasteiger partial charge < -0.3 is 11.1 Å². The molecular formula is C12H8ClIN4. The lowest BCUT2D eigenvalue weighted by molar-refractivity contribution is 1.29. The topological polar surface area (TPSA) is 74.7 Å². The molecule has 1 heterocycles. The van der Waals surface area contributed by atoms with Crippen molar-refractivity contribution >= 4 is 51.4 Å². The van der Waals surface area contributed by atoms with E-state index in [4.69, 9.17) is 22.6 Å². The van der Waals surface area contributed by atoms with E-state index in [0.717, 1.165) is 9.26 Å². The molecule has 0 aliphatic rings. The molecule has 0 radical (unpaired) electrons. The number of nitrogens with one attached hydrogen (secondary N) is 1. The number of rotatable bonds is 2. The van der Waals surface area contributed by atoms with Crippen LogP contribution in [-0.2, 0) is 0 Å². The second kappa shape index (κ2) is 5.42. The molecule has 0 atom stereocenters. The first-order chi connectivity index (χ1) is 8.60. The van der Waals surface area contributed by atoms with Gasteiger partial charge >= 0.3 is 0 Å². The van der Waals surface area contributed by atoms with E-state index in [9.17, 15) is 0 Å². The molecule has 3 N–H and O–H groups in total. The van der Waals surface area contributed by atoms with Crippen LogP contribution in [0.2, 0.25) is 5.02 Å². The summed E-state index contributed by atoms with van der Waals surface area (Å²) in [6.07, 6.45) is 1.47. The molecule has 2 aromatic rings. The predicted molar refractivity (Wildman–Crippen MR) is 80.8 cm³/mol. The second-order valence-electron chi connectivity index (χ2n) is 3.52. The number of aromatic nitrogens is 1. The van der Waals surface area contributed by atoms with Crippen molar-refractivity contribution < 1.29 is 0 Å². The molecule has 0 bridgehead atoms. The summed E-state index contributed by atoms with van der Waals surface area (Å²) in [6.45, 7) is 0. The third-order valence-corrected chi connectivity index (χ3v) is 3.36. The Bertz CT molecular complexity index is 636. The fourth-order valence-electron chi connectivity index (χ4n) is 1.37. The molecule has 0 fully saturated rings. The van der Waals surface area contributed by atoms with E-state index in [1.807, 2.05) is 18.2 Å². The van der Waals surface area contributed by atoms with E-state index < -0.39 is 0 Å². The summed E-state index contributed by atoms with van der Waals surface area (Å²) in [6, 6.07) is 9.04. The van der Waals surface area contributed by atoms with Gasteiger partial charge in [0.15, 0.2) is 5.82 Å². The third-order valence-electron chi connectivity index (χ3n) is 2.23. The quantitative estimate of drug-likeness (QED) is 0.793. The smallest absolute Gasteiger partial charge is 0.153 e. The lowest BCUT2D eigenvalue weighted by Crippen LogP contribution is -2.01. The molecule has 4 nitrogen and oxygen atoms in total. The molecule has 0 aliphatic heterocycles. The minimum atomic E-state index is 0.430. The van der Waals surface area contributed by atoms with Gasteiger partial charge in [-0.05, 0) is 46.9 Å². The lowest BCUT2D eigenvalue weighted by Gasteiger charge is -2.10. The Hall–Kier alpha value is -1.52. The monoisotopic (exact) mass is 370 g/mol. The van der Waals surface area contributed by atoms with Gasteiger partial charge in [0.05, 0.1) is 16.9 Å². The highest BCUT2D eigenvalue weighted by Crippen LogP contribution is 2.27. The Kier molecular flexibility index (Phi) is 3.89. The number of anilines is 3. The number of pyridine rings is 1. The molecule has 1 aromatic heterocycles. The molecule has 0 amide bonds. The van der Waals surface area contributed by atoms with Crippen LogP contribution in [0.15, 0.2) is 30.5 Å². The van der Waals surface area contributed by atoms with Crippen LogP contribution in [0.25, 0.3) is 0 Å². The van der Waals surface area contributed by atoms with Crippen molar-refractivity contribution in [3.63, 3.8) is 0 Å². The average Bonchev–Trinajstić information content (AvgIpc) is 2.34. The zero-order valence-electron chi connectivity index (χ0n) is 9.11. The Morgan fingerprint density at radius 2 is 2.17 bits per heavy atom. The number of nitrogens with two attached hydrogens (primary N) is 1. The minimum absolute atomic E-state index is 0.430. The molecule has 90 valence electrons. The van der Waals surface area contributed by atoms with Crippen LogP contribution in [0, 0.1) is 14.9 Å². The number of nitrogens with zero attached hydrogens (tertiary/aromatic N) is 2. The zero-order chi connectivity index (χ0) is 13.1. The standard InChI is InChI=1S/C12H8ClIN4/c13-8-1-2-11(9(14)4-8)18-12-10(16)3-7(5-15)6-17-12/h1-4,6H,16H2,(H,17,18). The molecule has 6 heteroatoms. The van der Waals surface area contributed by atoms with E-state index in [2.05, 4.69) is 32.9 Å². The minimum Gasteiger partial charge on any atom is -0.396 e. The summed E-state index contributed by atoms with van der Waals surface area (Å²) in [5, 5.41) is 12.5. The molecule has 0 saturated heterocycles. The summed E-state index contributed by atoms with van der Waals surface area (Å²) < 4.78 is 0.964. The van der Waals surface area contributed by atoms with Gasteiger partial charge in [0, 0.05) is 14.8 Å². The van der Waals surface area contributed by atoms with E-state index in [1.165, 1.54) is 6.20 Å². The predicted octanol–water partition coefficient (Wildman–Crippen LogP) is 3.54. The van der Waals surface area contributed by atoms with Crippen molar-refractivity contribution in [1.82, 2.24) is 4.98 Å². The maximum Gasteiger partial charge on any atom is 0.153 e. The Labute approximate surface area is 123 Å². The van der Waals surface area contributed by atoms with Gasteiger partial charge in [-0.1, -0.05) is 11.6 Å². The fraction of sp³-hybridized carbons (Fsp3) is 0. The van der Waals surface area contributed by atoms with Crippen molar-refractivity contribution in [3.8, 4) is 6.07 Å². The van der Waals surface area contributed by atoms with Gasteiger partial charge in [0.25, 0.3) is 0 Å². The van der Waals surface area contributed by atoms with Crippen LogP contribution in [0.1, 0.15) is 5.56 Å². The third kappa shape index (κ3) is 2.83. The number of benzene rings is 1.